The van der Waals surface area contributed by atoms with E-state index in [9.17, 15) is 9.59 Å². The van der Waals surface area contributed by atoms with Gasteiger partial charge in [0.05, 0.1) is 24.1 Å². The van der Waals surface area contributed by atoms with E-state index < -0.39 is 6.04 Å². The van der Waals surface area contributed by atoms with E-state index in [1.807, 2.05) is 18.2 Å². The minimum Gasteiger partial charge on any atom is -0.469 e. The Morgan fingerprint density at radius 2 is 2.29 bits per heavy atom. The molecule has 1 fully saturated rings. The van der Waals surface area contributed by atoms with Crippen molar-refractivity contribution < 1.29 is 14.0 Å². The summed E-state index contributed by atoms with van der Waals surface area (Å²) in [6.45, 7) is 3.64. The minimum absolute atomic E-state index is 0.180. The highest BCUT2D eigenvalue weighted by atomic mass is 16.3. The predicted octanol–water partition coefficient (Wildman–Crippen LogP) is 0.713. The molecule has 3 heterocycles. The van der Waals surface area contributed by atoms with E-state index in [4.69, 9.17) is 4.42 Å². The Balaban J connectivity index is 1.68. The second-order valence-electron chi connectivity index (χ2n) is 5.65. The highest BCUT2D eigenvalue weighted by Gasteiger charge is 2.33. The molecule has 3 rings (SSSR count). The molecule has 0 spiro atoms. The molecule has 2 aromatic heterocycles. The Kier molecular flexibility index (Phi) is 4.90. The van der Waals surface area contributed by atoms with Crippen LogP contribution in [0.4, 0.5) is 0 Å². The summed E-state index contributed by atoms with van der Waals surface area (Å²) in [4.78, 5) is 31.0. The van der Waals surface area contributed by atoms with Crippen LogP contribution in [0.3, 0.4) is 0 Å². The zero-order chi connectivity index (χ0) is 16.9. The second kappa shape index (κ2) is 7.27. The first-order valence-corrected chi connectivity index (χ1v) is 7.90. The first-order chi connectivity index (χ1) is 11.7. The summed E-state index contributed by atoms with van der Waals surface area (Å²) in [6.07, 6.45) is 3.17. The molecule has 0 aromatic carbocycles. The Morgan fingerprint density at radius 3 is 3.00 bits per heavy atom. The van der Waals surface area contributed by atoms with Gasteiger partial charge < -0.3 is 20.0 Å². The average molecular weight is 328 g/mol. The summed E-state index contributed by atoms with van der Waals surface area (Å²) in [5.41, 5.74) is 1.28. The number of furan rings is 1. The summed E-state index contributed by atoms with van der Waals surface area (Å²) in [6, 6.07) is 6.63. The third-order valence-electron chi connectivity index (χ3n) is 4.07. The Labute approximate surface area is 140 Å². The van der Waals surface area contributed by atoms with E-state index >= 15 is 0 Å². The van der Waals surface area contributed by atoms with Crippen LogP contribution in [-0.2, 0) is 11.3 Å². The van der Waals surface area contributed by atoms with Crippen molar-refractivity contribution in [2.75, 3.05) is 19.6 Å². The molecule has 1 atom stereocenters. The van der Waals surface area contributed by atoms with Crippen molar-refractivity contribution in [3.05, 3.63) is 53.7 Å². The summed E-state index contributed by atoms with van der Waals surface area (Å²) >= 11 is 0. The zero-order valence-corrected chi connectivity index (χ0v) is 13.5. The van der Waals surface area contributed by atoms with Crippen LogP contribution < -0.4 is 10.6 Å². The molecular weight excluding hydrogens is 308 g/mol. The number of carbonyl (C=O) groups excluding carboxylic acids is 2. The lowest BCUT2D eigenvalue weighted by molar-refractivity contribution is -0.126. The van der Waals surface area contributed by atoms with Crippen LogP contribution in [0.5, 0.6) is 0 Å². The normalized spacial score (nSPS) is 17.5. The Hall–Kier alpha value is -2.67. The molecule has 0 radical (unpaired) electrons. The highest BCUT2D eigenvalue weighted by molar-refractivity contribution is 5.98. The van der Waals surface area contributed by atoms with Crippen molar-refractivity contribution in [2.24, 2.45) is 0 Å². The van der Waals surface area contributed by atoms with Gasteiger partial charge in [-0.15, -0.1) is 0 Å². The molecule has 1 aliphatic heterocycles. The quantitative estimate of drug-likeness (QED) is 0.863. The molecule has 24 heavy (non-hydrogen) atoms. The molecule has 0 bridgehead atoms. The van der Waals surface area contributed by atoms with Crippen LogP contribution in [0.1, 0.15) is 21.8 Å². The maximum atomic E-state index is 12.7. The van der Waals surface area contributed by atoms with Gasteiger partial charge in [0, 0.05) is 25.8 Å². The maximum absolute atomic E-state index is 12.7. The van der Waals surface area contributed by atoms with E-state index in [0.29, 0.717) is 37.5 Å². The number of amides is 2. The van der Waals surface area contributed by atoms with Gasteiger partial charge in [-0.3, -0.25) is 14.6 Å². The number of rotatable bonds is 4. The number of pyridine rings is 1. The second-order valence-corrected chi connectivity index (χ2v) is 5.65. The van der Waals surface area contributed by atoms with Gasteiger partial charge in [0.25, 0.3) is 5.91 Å². The highest BCUT2D eigenvalue weighted by Crippen LogP contribution is 2.15. The summed E-state index contributed by atoms with van der Waals surface area (Å²) in [5.74, 6) is 0.189. The minimum atomic E-state index is -0.552. The lowest BCUT2D eigenvalue weighted by atomic mass is 10.1. The molecule has 2 aromatic rings. The number of nitrogens with zero attached hydrogens (tertiary/aromatic N) is 2. The topological polar surface area (TPSA) is 87.5 Å². The van der Waals surface area contributed by atoms with Crippen LogP contribution >= 0.6 is 0 Å². The number of hydrogen-bond acceptors (Lipinski definition) is 5. The number of aryl methyl sites for hydroxylation is 1. The lowest BCUT2D eigenvalue weighted by Gasteiger charge is -2.35. The zero-order valence-electron chi connectivity index (χ0n) is 13.5. The van der Waals surface area contributed by atoms with Gasteiger partial charge in [0.2, 0.25) is 5.91 Å². The third-order valence-corrected chi connectivity index (χ3v) is 4.07. The fraction of sp³-hybridized carbons (Fsp3) is 0.353. The van der Waals surface area contributed by atoms with E-state index in [0.717, 1.165) is 5.69 Å². The maximum Gasteiger partial charge on any atom is 0.258 e. The molecule has 126 valence electrons. The molecule has 0 saturated carbocycles. The first-order valence-electron chi connectivity index (χ1n) is 7.90. The van der Waals surface area contributed by atoms with Crippen LogP contribution in [0.2, 0.25) is 0 Å². The van der Waals surface area contributed by atoms with Crippen molar-refractivity contribution in [1.82, 2.24) is 20.5 Å². The van der Waals surface area contributed by atoms with E-state index in [1.165, 1.54) is 6.26 Å². The summed E-state index contributed by atoms with van der Waals surface area (Å²) < 4.78 is 5.21. The van der Waals surface area contributed by atoms with Crippen LogP contribution in [-0.4, -0.2) is 47.4 Å². The van der Waals surface area contributed by atoms with Crippen molar-refractivity contribution in [1.29, 1.82) is 0 Å². The van der Waals surface area contributed by atoms with Crippen molar-refractivity contribution in [3.63, 3.8) is 0 Å². The summed E-state index contributed by atoms with van der Waals surface area (Å²) in [7, 11) is 0. The molecule has 2 N–H and O–H groups in total. The van der Waals surface area contributed by atoms with Crippen LogP contribution in [0.15, 0.2) is 41.1 Å². The largest absolute Gasteiger partial charge is 0.469 e. The fourth-order valence-electron chi connectivity index (χ4n) is 2.74. The standard InChI is InChI=1S/C17H20N4O3/c1-12-14(5-9-24-12)17(23)21-8-7-18-11-15(21)16(22)20-10-13-4-2-3-6-19-13/h2-6,9,15,18H,7-8,10-11H2,1H3,(H,20,22). The van der Waals surface area contributed by atoms with Crippen LogP contribution in [0, 0.1) is 6.92 Å². The van der Waals surface area contributed by atoms with Gasteiger partial charge in [0.1, 0.15) is 11.8 Å². The first kappa shape index (κ1) is 16.2. The molecule has 1 aliphatic rings. The predicted molar refractivity (Wildman–Crippen MR) is 87.2 cm³/mol. The number of nitrogens with one attached hydrogen (secondary N) is 2. The number of aromatic nitrogens is 1. The van der Waals surface area contributed by atoms with Gasteiger partial charge in [-0.2, -0.15) is 0 Å². The average Bonchev–Trinajstić information content (AvgIpc) is 3.06. The molecule has 7 heteroatoms. The fourth-order valence-corrected chi connectivity index (χ4v) is 2.74. The van der Waals surface area contributed by atoms with E-state index in [2.05, 4.69) is 15.6 Å². The number of hydrogen-bond donors (Lipinski definition) is 2. The van der Waals surface area contributed by atoms with Gasteiger partial charge in [-0.25, -0.2) is 0 Å². The smallest absolute Gasteiger partial charge is 0.258 e. The number of carbonyl (C=O) groups is 2. The summed E-state index contributed by atoms with van der Waals surface area (Å²) in [5, 5.41) is 6.02. The van der Waals surface area contributed by atoms with E-state index in [1.54, 1.807) is 24.1 Å². The van der Waals surface area contributed by atoms with Gasteiger partial charge in [-0.05, 0) is 25.1 Å². The molecule has 1 unspecified atom stereocenters. The van der Waals surface area contributed by atoms with Crippen molar-refractivity contribution in [3.8, 4) is 0 Å². The van der Waals surface area contributed by atoms with Gasteiger partial charge in [-0.1, -0.05) is 6.07 Å². The third kappa shape index (κ3) is 3.46. The molecule has 0 aliphatic carbocycles. The van der Waals surface area contributed by atoms with Gasteiger partial charge in [0.15, 0.2) is 0 Å². The SMILES string of the molecule is Cc1occc1C(=O)N1CCNCC1C(=O)NCc1ccccn1. The van der Waals surface area contributed by atoms with Crippen molar-refractivity contribution in [2.45, 2.75) is 19.5 Å². The van der Waals surface area contributed by atoms with Gasteiger partial charge >= 0.3 is 0 Å². The lowest BCUT2D eigenvalue weighted by Crippen LogP contribution is -2.59. The Bertz CT molecular complexity index is 714. The Morgan fingerprint density at radius 1 is 1.42 bits per heavy atom. The van der Waals surface area contributed by atoms with E-state index in [-0.39, 0.29) is 11.8 Å². The monoisotopic (exact) mass is 328 g/mol. The molecule has 2 amide bonds. The molecule has 1 saturated heterocycles. The van der Waals surface area contributed by atoms with Crippen molar-refractivity contribution >= 4 is 11.8 Å². The number of piperazine rings is 1. The van der Waals surface area contributed by atoms with Crippen LogP contribution in [0.25, 0.3) is 0 Å². The molecular formula is C17H20N4O3. The molecule has 7 nitrogen and oxygen atoms in total.